The van der Waals surface area contributed by atoms with Gasteiger partial charge in [-0.05, 0) is 26.2 Å². The maximum atomic E-state index is 12.7. The lowest BCUT2D eigenvalue weighted by Gasteiger charge is -2.38. The lowest BCUT2D eigenvalue weighted by molar-refractivity contribution is -0.137. The third-order valence-electron chi connectivity index (χ3n) is 4.80. The molecule has 0 aromatic carbocycles. The fraction of sp³-hybridized carbons (Fsp3) is 0.562. The first-order valence-corrected chi connectivity index (χ1v) is 7.68. The molecule has 2 aliphatic rings. The Hall–Kier alpha value is -2.11. The van der Waals surface area contributed by atoms with Crippen LogP contribution in [0.15, 0.2) is 23.4 Å². The number of aryl methyl sites for hydroxylation is 1. The Morgan fingerprint density at radius 3 is 3.00 bits per heavy atom. The Kier molecular flexibility index (Phi) is 3.76. The first kappa shape index (κ1) is 14.8. The number of piperidine rings is 1. The first-order chi connectivity index (χ1) is 10.6. The van der Waals surface area contributed by atoms with Gasteiger partial charge in [-0.1, -0.05) is 11.2 Å². The largest absolute Gasteiger partial charge is 0.364 e. The molecule has 2 fully saturated rings. The van der Waals surface area contributed by atoms with E-state index in [1.54, 1.807) is 17.9 Å². The van der Waals surface area contributed by atoms with Crippen molar-refractivity contribution in [3.05, 3.63) is 30.2 Å². The molecule has 0 radical (unpaired) electrons. The molecule has 2 saturated heterocycles. The van der Waals surface area contributed by atoms with Crippen LogP contribution in [0.1, 0.15) is 35.3 Å². The molecule has 118 valence electrons. The molecule has 3 heterocycles. The van der Waals surface area contributed by atoms with Gasteiger partial charge in [0.15, 0.2) is 0 Å². The first-order valence-electron chi connectivity index (χ1n) is 7.68. The SMILES string of the molecule is C=CCN1CC[C@@]2(CCCN(C(=O)c3conc3C)C2)C1=O. The van der Waals surface area contributed by atoms with E-state index in [0.717, 1.165) is 25.8 Å². The predicted molar refractivity (Wildman–Crippen MR) is 80.2 cm³/mol. The number of amides is 2. The highest BCUT2D eigenvalue weighted by molar-refractivity contribution is 5.95. The second-order valence-corrected chi connectivity index (χ2v) is 6.21. The number of hydrogen-bond donors (Lipinski definition) is 0. The molecule has 0 aliphatic carbocycles. The van der Waals surface area contributed by atoms with Crippen molar-refractivity contribution in [1.82, 2.24) is 15.0 Å². The predicted octanol–water partition coefficient (Wildman–Crippen LogP) is 1.62. The Bertz CT molecular complexity index is 610. The molecule has 1 spiro atoms. The summed E-state index contributed by atoms with van der Waals surface area (Å²) in [5, 5.41) is 3.76. The zero-order chi connectivity index (χ0) is 15.7. The van der Waals surface area contributed by atoms with Gasteiger partial charge in [0.1, 0.15) is 11.8 Å². The van der Waals surface area contributed by atoms with Crippen molar-refractivity contribution < 1.29 is 14.1 Å². The second kappa shape index (κ2) is 5.59. The summed E-state index contributed by atoms with van der Waals surface area (Å²) >= 11 is 0. The van der Waals surface area contributed by atoms with Crippen LogP contribution in [0, 0.1) is 12.3 Å². The van der Waals surface area contributed by atoms with E-state index in [9.17, 15) is 9.59 Å². The van der Waals surface area contributed by atoms with Crippen LogP contribution in [-0.2, 0) is 4.79 Å². The summed E-state index contributed by atoms with van der Waals surface area (Å²) in [5.74, 6) is 0.0692. The van der Waals surface area contributed by atoms with Gasteiger partial charge >= 0.3 is 0 Å². The van der Waals surface area contributed by atoms with Gasteiger partial charge in [-0.2, -0.15) is 0 Å². The summed E-state index contributed by atoms with van der Waals surface area (Å²) in [6, 6.07) is 0. The maximum Gasteiger partial charge on any atom is 0.259 e. The summed E-state index contributed by atoms with van der Waals surface area (Å²) in [7, 11) is 0. The summed E-state index contributed by atoms with van der Waals surface area (Å²) in [6.45, 7) is 7.96. The van der Waals surface area contributed by atoms with Gasteiger partial charge in [-0.25, -0.2) is 0 Å². The zero-order valence-corrected chi connectivity index (χ0v) is 12.9. The van der Waals surface area contributed by atoms with Crippen molar-refractivity contribution in [2.45, 2.75) is 26.2 Å². The summed E-state index contributed by atoms with van der Waals surface area (Å²) in [6.07, 6.45) is 5.66. The molecule has 2 aliphatic heterocycles. The minimum absolute atomic E-state index is 0.0900. The average Bonchev–Trinajstić information content (AvgIpc) is 3.07. The minimum Gasteiger partial charge on any atom is -0.364 e. The molecule has 0 N–H and O–H groups in total. The van der Waals surface area contributed by atoms with Gasteiger partial charge in [-0.3, -0.25) is 9.59 Å². The molecule has 2 amide bonds. The van der Waals surface area contributed by atoms with E-state index in [0.29, 0.717) is 30.9 Å². The van der Waals surface area contributed by atoms with Crippen LogP contribution in [0.5, 0.6) is 0 Å². The number of hydrogen-bond acceptors (Lipinski definition) is 4. The molecule has 1 aromatic rings. The van der Waals surface area contributed by atoms with Crippen molar-refractivity contribution in [2.24, 2.45) is 5.41 Å². The normalized spacial score (nSPS) is 25.0. The quantitative estimate of drug-likeness (QED) is 0.796. The van der Waals surface area contributed by atoms with E-state index in [2.05, 4.69) is 11.7 Å². The smallest absolute Gasteiger partial charge is 0.259 e. The van der Waals surface area contributed by atoms with Crippen LogP contribution in [0.3, 0.4) is 0 Å². The average molecular weight is 303 g/mol. The van der Waals surface area contributed by atoms with E-state index < -0.39 is 5.41 Å². The minimum atomic E-state index is -0.415. The van der Waals surface area contributed by atoms with Crippen LogP contribution in [0.2, 0.25) is 0 Å². The van der Waals surface area contributed by atoms with Gasteiger partial charge in [0.25, 0.3) is 5.91 Å². The second-order valence-electron chi connectivity index (χ2n) is 6.21. The third-order valence-corrected chi connectivity index (χ3v) is 4.80. The standard InChI is InChI=1S/C16H21N3O3/c1-3-7-18-9-6-16(15(18)21)5-4-8-19(11-16)14(20)13-10-22-17-12(13)2/h3,10H,1,4-9,11H2,2H3/t16-/m1/s1. The number of carbonyl (C=O) groups excluding carboxylic acids is 2. The van der Waals surface area contributed by atoms with Gasteiger partial charge in [0.2, 0.25) is 5.91 Å². The van der Waals surface area contributed by atoms with Crippen LogP contribution >= 0.6 is 0 Å². The van der Waals surface area contributed by atoms with Crippen molar-refractivity contribution in [3.63, 3.8) is 0 Å². The molecule has 1 atom stereocenters. The van der Waals surface area contributed by atoms with Crippen LogP contribution in [0.25, 0.3) is 0 Å². The zero-order valence-electron chi connectivity index (χ0n) is 12.9. The van der Waals surface area contributed by atoms with Crippen LogP contribution in [0.4, 0.5) is 0 Å². The Morgan fingerprint density at radius 2 is 2.32 bits per heavy atom. The molecule has 0 unspecified atom stereocenters. The van der Waals surface area contributed by atoms with E-state index in [1.807, 2.05) is 4.90 Å². The van der Waals surface area contributed by atoms with Gasteiger partial charge in [-0.15, -0.1) is 6.58 Å². The summed E-state index contributed by atoms with van der Waals surface area (Å²) in [4.78, 5) is 28.9. The van der Waals surface area contributed by atoms with Crippen molar-refractivity contribution in [2.75, 3.05) is 26.2 Å². The molecule has 0 bridgehead atoms. The Labute approximate surface area is 129 Å². The van der Waals surface area contributed by atoms with Crippen LogP contribution < -0.4 is 0 Å². The maximum absolute atomic E-state index is 12.7. The molecule has 1 aromatic heterocycles. The molecule has 6 nitrogen and oxygen atoms in total. The highest BCUT2D eigenvalue weighted by atomic mass is 16.5. The van der Waals surface area contributed by atoms with Crippen molar-refractivity contribution >= 4 is 11.8 Å². The number of rotatable bonds is 3. The topological polar surface area (TPSA) is 66.7 Å². The highest BCUT2D eigenvalue weighted by Crippen LogP contribution is 2.40. The lowest BCUT2D eigenvalue weighted by Crippen LogP contribution is -2.49. The van der Waals surface area contributed by atoms with E-state index in [1.165, 1.54) is 6.26 Å². The van der Waals surface area contributed by atoms with E-state index >= 15 is 0 Å². The molecular weight excluding hydrogens is 282 g/mol. The van der Waals surface area contributed by atoms with E-state index in [4.69, 9.17) is 4.52 Å². The van der Waals surface area contributed by atoms with E-state index in [-0.39, 0.29) is 11.8 Å². The fourth-order valence-electron chi connectivity index (χ4n) is 3.57. The van der Waals surface area contributed by atoms with Crippen molar-refractivity contribution in [1.29, 1.82) is 0 Å². The summed E-state index contributed by atoms with van der Waals surface area (Å²) in [5.41, 5.74) is 0.670. The molecule has 3 rings (SSSR count). The molecule has 0 saturated carbocycles. The number of aromatic nitrogens is 1. The Morgan fingerprint density at radius 1 is 1.50 bits per heavy atom. The Balaban J connectivity index is 1.77. The molecule has 22 heavy (non-hydrogen) atoms. The number of nitrogens with zero attached hydrogens (tertiary/aromatic N) is 3. The van der Waals surface area contributed by atoms with Crippen molar-refractivity contribution in [3.8, 4) is 0 Å². The monoisotopic (exact) mass is 303 g/mol. The highest BCUT2D eigenvalue weighted by Gasteiger charge is 2.49. The molecule has 6 heteroatoms. The number of carbonyl (C=O) groups is 2. The van der Waals surface area contributed by atoms with Crippen LogP contribution in [-0.4, -0.2) is 52.9 Å². The van der Waals surface area contributed by atoms with Gasteiger partial charge in [0.05, 0.1) is 11.1 Å². The van der Waals surface area contributed by atoms with Gasteiger partial charge in [0, 0.05) is 26.2 Å². The van der Waals surface area contributed by atoms with Gasteiger partial charge < -0.3 is 14.3 Å². The third kappa shape index (κ3) is 2.32. The lowest BCUT2D eigenvalue weighted by atomic mass is 9.78. The summed E-state index contributed by atoms with van der Waals surface area (Å²) < 4.78 is 4.86. The fourth-order valence-corrected chi connectivity index (χ4v) is 3.57. The number of likely N-dealkylation sites (tertiary alicyclic amines) is 2. The molecular formula is C16H21N3O3.